The number of aliphatic carboxylic acids is 1. The van der Waals surface area contributed by atoms with Crippen molar-refractivity contribution in [3.63, 3.8) is 0 Å². The number of primary amides is 1. The molecule has 0 saturated carbocycles. The summed E-state index contributed by atoms with van der Waals surface area (Å²) in [7, 11) is 0. The molecule has 0 aliphatic heterocycles. The Morgan fingerprint density at radius 1 is 0.696 bits per heavy atom. The van der Waals surface area contributed by atoms with Gasteiger partial charge in [-0.05, 0) is 25.7 Å². The summed E-state index contributed by atoms with van der Waals surface area (Å²) in [5, 5.41) is 18.4. The van der Waals surface area contributed by atoms with Crippen molar-refractivity contribution in [2.45, 2.75) is 102 Å². The van der Waals surface area contributed by atoms with Crippen molar-refractivity contribution in [3.05, 3.63) is 0 Å². The van der Waals surface area contributed by atoms with Gasteiger partial charge in [-0.25, -0.2) is 0 Å². The number of unbranched alkanes of at least 4 members (excludes halogenated alkanes) is 9. The molecular weight excluding hydrogens is 294 g/mol. The van der Waals surface area contributed by atoms with Crippen molar-refractivity contribution < 1.29 is 19.8 Å². The minimum absolute atomic E-state index is 0.209. The monoisotopic (exact) mass is 329 g/mol. The Kier molecular flexibility index (Phi) is 15.0. The maximum Gasteiger partial charge on any atom is 0.303 e. The molecule has 0 spiro atoms. The van der Waals surface area contributed by atoms with Crippen LogP contribution in [0.2, 0.25) is 0 Å². The number of carboxylic acids is 1. The van der Waals surface area contributed by atoms with Crippen LogP contribution in [0.3, 0.4) is 0 Å². The Morgan fingerprint density at radius 2 is 1.09 bits per heavy atom. The molecule has 0 radical (unpaired) electrons. The normalized spacial score (nSPS) is 12.2. The van der Waals surface area contributed by atoms with Crippen molar-refractivity contribution in [2.75, 3.05) is 0 Å². The lowest BCUT2D eigenvalue weighted by Gasteiger charge is -2.10. The smallest absolute Gasteiger partial charge is 0.303 e. The summed E-state index contributed by atoms with van der Waals surface area (Å²) in [4.78, 5) is 20.9. The van der Waals surface area contributed by atoms with Crippen molar-refractivity contribution >= 4 is 11.9 Å². The third kappa shape index (κ3) is 18.9. The van der Waals surface area contributed by atoms with E-state index < -0.39 is 5.97 Å². The predicted octanol–water partition coefficient (Wildman–Crippen LogP) is 3.77. The van der Waals surface area contributed by atoms with Crippen molar-refractivity contribution in [2.24, 2.45) is 5.73 Å². The molecule has 0 aliphatic carbocycles. The maximum absolute atomic E-state index is 10.6. The minimum atomic E-state index is -0.698. The van der Waals surface area contributed by atoms with Crippen LogP contribution >= 0.6 is 0 Å². The summed E-state index contributed by atoms with van der Waals surface area (Å²) in [6, 6.07) is 0. The highest BCUT2D eigenvalue weighted by Crippen LogP contribution is 2.14. The minimum Gasteiger partial charge on any atom is -0.481 e. The van der Waals surface area contributed by atoms with E-state index in [1.54, 1.807) is 0 Å². The van der Waals surface area contributed by atoms with Crippen molar-refractivity contribution in [1.82, 2.24) is 0 Å². The van der Waals surface area contributed by atoms with Gasteiger partial charge in [0.15, 0.2) is 0 Å². The molecule has 5 nitrogen and oxygen atoms in total. The van der Waals surface area contributed by atoms with Crippen LogP contribution in [-0.2, 0) is 9.59 Å². The van der Waals surface area contributed by atoms with Gasteiger partial charge in [-0.15, -0.1) is 0 Å². The highest BCUT2D eigenvalue weighted by Gasteiger charge is 2.04. The molecule has 0 aromatic heterocycles. The number of aliphatic hydroxyl groups is 1. The van der Waals surface area contributed by atoms with Gasteiger partial charge in [0, 0.05) is 12.8 Å². The number of nitrogens with two attached hydrogens (primary N) is 1. The summed E-state index contributed by atoms with van der Waals surface area (Å²) < 4.78 is 0. The number of aliphatic hydroxyl groups excluding tert-OH is 1. The number of hydrogen-bond donors (Lipinski definition) is 3. The van der Waals surface area contributed by atoms with Gasteiger partial charge in [0.2, 0.25) is 5.91 Å². The van der Waals surface area contributed by atoms with Crippen LogP contribution in [0.4, 0.5) is 0 Å². The molecule has 5 heteroatoms. The fraction of sp³-hybridized carbons (Fsp3) is 0.889. The van der Waals surface area contributed by atoms with Gasteiger partial charge in [0.05, 0.1) is 6.10 Å². The lowest BCUT2D eigenvalue weighted by atomic mass is 10.0. The zero-order valence-electron chi connectivity index (χ0n) is 14.5. The van der Waals surface area contributed by atoms with Crippen LogP contribution in [-0.4, -0.2) is 28.2 Å². The molecule has 0 fully saturated rings. The lowest BCUT2D eigenvalue weighted by Crippen LogP contribution is -2.10. The van der Waals surface area contributed by atoms with Gasteiger partial charge in [0.1, 0.15) is 0 Å². The third-order valence-corrected chi connectivity index (χ3v) is 4.14. The standard InChI is InChI=1S/C18H35NO4/c19-17(21)14-10-7-9-13-16(20)12-8-5-3-1-2-4-6-11-15-18(22)23/h16,20H,1-15H2,(H2,19,21)(H,22,23). The van der Waals surface area contributed by atoms with E-state index in [0.717, 1.165) is 64.2 Å². The van der Waals surface area contributed by atoms with Gasteiger partial charge in [0.25, 0.3) is 0 Å². The topological polar surface area (TPSA) is 101 Å². The summed E-state index contributed by atoms with van der Waals surface area (Å²) in [5.41, 5.74) is 5.07. The second-order valence-corrected chi connectivity index (χ2v) is 6.48. The highest BCUT2D eigenvalue weighted by atomic mass is 16.4. The molecular formula is C18H35NO4. The zero-order valence-corrected chi connectivity index (χ0v) is 14.5. The quantitative estimate of drug-likeness (QED) is 0.354. The number of carbonyl (C=O) groups excluding carboxylic acids is 1. The van der Waals surface area contributed by atoms with Crippen molar-refractivity contribution in [3.8, 4) is 0 Å². The largest absolute Gasteiger partial charge is 0.481 e. The fourth-order valence-electron chi connectivity index (χ4n) is 2.72. The summed E-state index contributed by atoms with van der Waals surface area (Å²) in [6.07, 6.45) is 13.7. The number of hydrogen-bond acceptors (Lipinski definition) is 3. The molecule has 0 bridgehead atoms. The van der Waals surface area contributed by atoms with E-state index in [1.165, 1.54) is 19.3 Å². The molecule has 0 aliphatic rings. The first-order chi connectivity index (χ1) is 11.0. The van der Waals surface area contributed by atoms with E-state index in [2.05, 4.69) is 0 Å². The first-order valence-corrected chi connectivity index (χ1v) is 9.20. The van der Waals surface area contributed by atoms with Crippen molar-refractivity contribution in [1.29, 1.82) is 0 Å². The Labute approximate surface area is 140 Å². The lowest BCUT2D eigenvalue weighted by molar-refractivity contribution is -0.137. The van der Waals surface area contributed by atoms with E-state index >= 15 is 0 Å². The molecule has 23 heavy (non-hydrogen) atoms. The predicted molar refractivity (Wildman–Crippen MR) is 92.1 cm³/mol. The summed E-state index contributed by atoms with van der Waals surface area (Å²) in [5.74, 6) is -0.941. The van der Waals surface area contributed by atoms with Gasteiger partial charge in [-0.3, -0.25) is 9.59 Å². The molecule has 4 N–H and O–H groups in total. The van der Waals surface area contributed by atoms with E-state index in [-0.39, 0.29) is 12.0 Å². The average Bonchev–Trinajstić information content (AvgIpc) is 2.48. The second-order valence-electron chi connectivity index (χ2n) is 6.48. The Bertz CT molecular complexity index is 307. The zero-order chi connectivity index (χ0) is 17.3. The number of amides is 1. The Hall–Kier alpha value is -1.10. The van der Waals surface area contributed by atoms with Crippen LogP contribution in [0.5, 0.6) is 0 Å². The maximum atomic E-state index is 10.6. The second kappa shape index (κ2) is 15.8. The van der Waals surface area contributed by atoms with Gasteiger partial charge >= 0.3 is 5.97 Å². The van der Waals surface area contributed by atoms with E-state index in [9.17, 15) is 14.7 Å². The third-order valence-electron chi connectivity index (χ3n) is 4.14. The summed E-state index contributed by atoms with van der Waals surface area (Å²) in [6.45, 7) is 0. The fourth-order valence-corrected chi connectivity index (χ4v) is 2.72. The first kappa shape index (κ1) is 21.9. The average molecular weight is 329 g/mol. The molecule has 0 heterocycles. The van der Waals surface area contributed by atoms with Crippen LogP contribution < -0.4 is 5.73 Å². The van der Waals surface area contributed by atoms with Gasteiger partial charge in [-0.2, -0.15) is 0 Å². The molecule has 1 amide bonds. The molecule has 0 aromatic rings. The molecule has 1 unspecified atom stereocenters. The Balaban J connectivity index is 3.18. The SMILES string of the molecule is NC(=O)CCCCCC(O)CCCCCCCCCCC(=O)O. The van der Waals surface area contributed by atoms with Crippen LogP contribution in [0.1, 0.15) is 96.3 Å². The first-order valence-electron chi connectivity index (χ1n) is 9.20. The molecule has 0 aromatic carbocycles. The molecule has 0 saturated heterocycles. The summed E-state index contributed by atoms with van der Waals surface area (Å²) >= 11 is 0. The Morgan fingerprint density at radius 3 is 1.57 bits per heavy atom. The number of rotatable bonds is 17. The van der Waals surface area contributed by atoms with Crippen LogP contribution in [0.25, 0.3) is 0 Å². The molecule has 1 atom stereocenters. The number of carboxylic acid groups (broad SMARTS) is 1. The van der Waals surface area contributed by atoms with E-state index in [1.807, 2.05) is 0 Å². The van der Waals surface area contributed by atoms with E-state index in [4.69, 9.17) is 10.8 Å². The number of carbonyl (C=O) groups is 2. The van der Waals surface area contributed by atoms with Gasteiger partial charge in [-0.1, -0.05) is 57.8 Å². The van der Waals surface area contributed by atoms with Crippen LogP contribution in [0, 0.1) is 0 Å². The molecule has 136 valence electrons. The van der Waals surface area contributed by atoms with Gasteiger partial charge < -0.3 is 15.9 Å². The highest BCUT2D eigenvalue weighted by molar-refractivity contribution is 5.73. The van der Waals surface area contributed by atoms with E-state index in [0.29, 0.717) is 12.8 Å². The van der Waals surface area contributed by atoms with Crippen LogP contribution in [0.15, 0.2) is 0 Å². The molecule has 0 rings (SSSR count).